The monoisotopic (exact) mass is 328 g/mol. The third-order valence-electron chi connectivity index (χ3n) is 3.96. The molecule has 6 nitrogen and oxygen atoms in total. The zero-order valence-electron chi connectivity index (χ0n) is 14.0. The number of hydrogen-bond acceptors (Lipinski definition) is 4. The predicted octanol–water partition coefficient (Wildman–Crippen LogP) is 2.96. The van der Waals surface area contributed by atoms with Gasteiger partial charge in [0.1, 0.15) is 5.84 Å². The third kappa shape index (κ3) is 6.47. The molecular weight excluding hydrogens is 296 g/mol. The second-order valence-corrected chi connectivity index (χ2v) is 6.92. The van der Waals surface area contributed by atoms with Gasteiger partial charge < -0.3 is 19.1 Å². The van der Waals surface area contributed by atoms with Crippen LogP contribution in [0.25, 0.3) is 0 Å². The highest BCUT2D eigenvalue weighted by molar-refractivity contribution is 5.95. The number of carbonyl (C=O) groups excluding carboxylic acids is 1. The Hall–Kier alpha value is -1.14. The first-order chi connectivity index (χ1) is 10.5. The summed E-state index contributed by atoms with van der Waals surface area (Å²) in [5, 5.41) is 0. The summed E-state index contributed by atoms with van der Waals surface area (Å²) in [6, 6.07) is 0. The zero-order chi connectivity index (χ0) is 16.0. The van der Waals surface area contributed by atoms with Gasteiger partial charge >= 0.3 is 6.09 Å². The molecule has 2 aliphatic heterocycles. The molecule has 0 unspecified atom stereocenters. The number of ether oxygens (including phenoxy) is 3. The molecule has 2 aliphatic rings. The standard InChI is InChI=1S/C16H28N2O4.CH4/c1-16(2,3)14(18-6-10-21-11-7-18)17-15(19)22-12-13-4-8-20-9-5-13;/h13H,4-12H2,1-3H3;1H4. The Morgan fingerprint density at radius 2 is 1.70 bits per heavy atom. The van der Waals surface area contributed by atoms with Crippen LogP contribution in [0.1, 0.15) is 41.0 Å². The SMILES string of the molecule is C.CC(C)(C)C(=NC(=O)OCC1CCOCC1)N1CCOCC1. The molecule has 6 heteroatoms. The lowest BCUT2D eigenvalue weighted by molar-refractivity contribution is 0.0394. The minimum absolute atomic E-state index is 0. The molecule has 0 radical (unpaired) electrons. The molecule has 0 aromatic carbocycles. The van der Waals surface area contributed by atoms with Gasteiger partial charge in [0.25, 0.3) is 0 Å². The van der Waals surface area contributed by atoms with Crippen molar-refractivity contribution in [1.82, 2.24) is 4.90 Å². The topological polar surface area (TPSA) is 60.4 Å². The Kier molecular flexibility index (Phi) is 7.99. The lowest BCUT2D eigenvalue weighted by Gasteiger charge is -2.35. The number of morpholine rings is 1. The van der Waals surface area contributed by atoms with E-state index in [1.807, 2.05) is 0 Å². The zero-order valence-corrected chi connectivity index (χ0v) is 14.0. The van der Waals surface area contributed by atoms with E-state index in [1.54, 1.807) is 0 Å². The second kappa shape index (κ2) is 9.23. The molecule has 134 valence electrons. The molecule has 2 rings (SSSR count). The lowest BCUT2D eigenvalue weighted by Crippen LogP contribution is -2.46. The van der Waals surface area contributed by atoms with Crippen LogP contribution in [0.5, 0.6) is 0 Å². The second-order valence-electron chi connectivity index (χ2n) is 6.92. The molecule has 2 fully saturated rings. The van der Waals surface area contributed by atoms with Crippen molar-refractivity contribution < 1.29 is 19.0 Å². The van der Waals surface area contributed by atoms with E-state index in [-0.39, 0.29) is 12.8 Å². The summed E-state index contributed by atoms with van der Waals surface area (Å²) in [6.07, 6.45) is 1.42. The Bertz CT molecular complexity index is 392. The normalized spacial score (nSPS) is 20.8. The lowest BCUT2D eigenvalue weighted by atomic mass is 9.93. The van der Waals surface area contributed by atoms with Gasteiger partial charge in [0, 0.05) is 31.7 Å². The van der Waals surface area contributed by atoms with Crippen molar-refractivity contribution in [1.29, 1.82) is 0 Å². The minimum Gasteiger partial charge on any atom is -0.448 e. The molecule has 0 aromatic rings. The van der Waals surface area contributed by atoms with Crippen LogP contribution in [0.4, 0.5) is 4.79 Å². The fourth-order valence-corrected chi connectivity index (χ4v) is 2.71. The quantitative estimate of drug-likeness (QED) is 0.576. The molecule has 0 spiro atoms. The largest absolute Gasteiger partial charge is 0.448 e. The first-order valence-corrected chi connectivity index (χ1v) is 8.13. The fraction of sp³-hybridized carbons (Fsp3) is 0.882. The van der Waals surface area contributed by atoms with Crippen LogP contribution in [0.15, 0.2) is 4.99 Å². The molecule has 1 amide bonds. The van der Waals surface area contributed by atoms with Crippen LogP contribution in [0.2, 0.25) is 0 Å². The fourth-order valence-electron chi connectivity index (χ4n) is 2.71. The number of aliphatic imine (C=N–C) groups is 1. The van der Waals surface area contributed by atoms with E-state index < -0.39 is 6.09 Å². The van der Waals surface area contributed by atoms with Crippen molar-refractivity contribution in [2.24, 2.45) is 16.3 Å². The molecule has 0 atom stereocenters. The Morgan fingerprint density at radius 3 is 2.26 bits per heavy atom. The first kappa shape index (κ1) is 19.9. The van der Waals surface area contributed by atoms with E-state index in [0.717, 1.165) is 45.0 Å². The molecule has 0 N–H and O–H groups in total. The maximum absolute atomic E-state index is 12.1. The molecular formula is C17H32N2O4. The van der Waals surface area contributed by atoms with E-state index >= 15 is 0 Å². The summed E-state index contributed by atoms with van der Waals surface area (Å²) in [5.74, 6) is 1.18. The van der Waals surface area contributed by atoms with E-state index in [9.17, 15) is 4.79 Å². The summed E-state index contributed by atoms with van der Waals surface area (Å²) < 4.78 is 16.0. The van der Waals surface area contributed by atoms with Crippen LogP contribution >= 0.6 is 0 Å². The molecule has 0 aromatic heterocycles. The summed E-state index contributed by atoms with van der Waals surface area (Å²) in [6.45, 7) is 11.0. The van der Waals surface area contributed by atoms with Gasteiger partial charge in [-0.25, -0.2) is 4.79 Å². The highest BCUT2D eigenvalue weighted by atomic mass is 16.5. The average Bonchev–Trinajstić information content (AvgIpc) is 2.51. The van der Waals surface area contributed by atoms with E-state index in [0.29, 0.717) is 25.7 Å². The van der Waals surface area contributed by atoms with Crippen molar-refractivity contribution in [2.45, 2.75) is 41.0 Å². The van der Waals surface area contributed by atoms with Crippen molar-refractivity contribution in [3.63, 3.8) is 0 Å². The van der Waals surface area contributed by atoms with Crippen molar-refractivity contribution in [3.05, 3.63) is 0 Å². The molecule has 0 aliphatic carbocycles. The van der Waals surface area contributed by atoms with Gasteiger partial charge in [0.15, 0.2) is 0 Å². The number of hydrogen-bond donors (Lipinski definition) is 0. The number of carbonyl (C=O) groups is 1. The van der Waals surface area contributed by atoms with Gasteiger partial charge in [-0.2, -0.15) is 4.99 Å². The predicted molar refractivity (Wildman–Crippen MR) is 90.9 cm³/mol. The number of nitrogens with zero attached hydrogens (tertiary/aromatic N) is 2. The van der Waals surface area contributed by atoms with Crippen LogP contribution in [-0.2, 0) is 14.2 Å². The number of amidine groups is 1. The summed E-state index contributed by atoms with van der Waals surface area (Å²) in [7, 11) is 0. The Morgan fingerprint density at radius 1 is 1.13 bits per heavy atom. The van der Waals surface area contributed by atoms with Crippen molar-refractivity contribution >= 4 is 11.9 Å². The minimum atomic E-state index is -0.483. The Labute approximate surface area is 140 Å². The van der Waals surface area contributed by atoms with Gasteiger partial charge in [-0.3, -0.25) is 0 Å². The first-order valence-electron chi connectivity index (χ1n) is 8.13. The molecule has 23 heavy (non-hydrogen) atoms. The van der Waals surface area contributed by atoms with Crippen LogP contribution in [0.3, 0.4) is 0 Å². The number of amides is 1. The van der Waals surface area contributed by atoms with E-state index in [1.165, 1.54) is 0 Å². The van der Waals surface area contributed by atoms with E-state index in [2.05, 4.69) is 30.7 Å². The van der Waals surface area contributed by atoms with E-state index in [4.69, 9.17) is 14.2 Å². The molecule has 0 bridgehead atoms. The van der Waals surface area contributed by atoms with Crippen molar-refractivity contribution in [2.75, 3.05) is 46.1 Å². The summed E-state index contributed by atoms with van der Waals surface area (Å²) in [4.78, 5) is 18.5. The van der Waals surface area contributed by atoms with Crippen molar-refractivity contribution in [3.8, 4) is 0 Å². The van der Waals surface area contributed by atoms with Gasteiger partial charge in [0.2, 0.25) is 0 Å². The molecule has 2 saturated heterocycles. The summed E-state index contributed by atoms with van der Waals surface area (Å²) in [5.41, 5.74) is -0.199. The smallest absolute Gasteiger partial charge is 0.435 e. The molecule has 2 heterocycles. The highest BCUT2D eigenvalue weighted by Gasteiger charge is 2.28. The van der Waals surface area contributed by atoms with Gasteiger partial charge in [-0.15, -0.1) is 0 Å². The maximum Gasteiger partial charge on any atom is 0.435 e. The average molecular weight is 328 g/mol. The van der Waals surface area contributed by atoms with Crippen LogP contribution in [-0.4, -0.2) is 63.0 Å². The highest BCUT2D eigenvalue weighted by Crippen LogP contribution is 2.21. The number of rotatable bonds is 2. The van der Waals surface area contributed by atoms with Gasteiger partial charge in [-0.05, 0) is 18.8 Å². The summed E-state index contributed by atoms with van der Waals surface area (Å²) >= 11 is 0. The molecule has 0 saturated carbocycles. The Balaban J connectivity index is 0.00000264. The van der Waals surface area contributed by atoms with Crippen LogP contribution in [0, 0.1) is 11.3 Å². The third-order valence-corrected chi connectivity index (χ3v) is 3.96. The van der Waals surface area contributed by atoms with Gasteiger partial charge in [0.05, 0.1) is 19.8 Å². The van der Waals surface area contributed by atoms with Gasteiger partial charge in [-0.1, -0.05) is 28.2 Å². The van der Waals surface area contributed by atoms with Crippen LogP contribution < -0.4 is 0 Å². The maximum atomic E-state index is 12.1.